The van der Waals surface area contributed by atoms with Crippen molar-refractivity contribution in [2.75, 3.05) is 4.90 Å². The van der Waals surface area contributed by atoms with Crippen molar-refractivity contribution in [1.29, 1.82) is 0 Å². The van der Waals surface area contributed by atoms with Crippen LogP contribution in [-0.4, -0.2) is 49.5 Å². The number of H-pyrrole nitrogens is 1. The normalized spacial score (nSPS) is 27.3. The second kappa shape index (κ2) is 5.21. The molecule has 4 rings (SSSR count). The molecule has 22 heavy (non-hydrogen) atoms. The number of aromatic amines is 1. The average molecular weight is 414 g/mol. The number of fused-ring (bicyclic) bond motifs is 3. The van der Waals surface area contributed by atoms with Crippen molar-refractivity contribution in [1.82, 2.24) is 25.5 Å². The van der Waals surface area contributed by atoms with E-state index in [0.717, 1.165) is 40.7 Å². The van der Waals surface area contributed by atoms with Crippen molar-refractivity contribution in [3.05, 3.63) is 9.90 Å². The van der Waals surface area contributed by atoms with Gasteiger partial charge >= 0.3 is 6.09 Å². The van der Waals surface area contributed by atoms with Crippen molar-refractivity contribution in [3.8, 4) is 0 Å². The van der Waals surface area contributed by atoms with E-state index in [-0.39, 0.29) is 6.04 Å². The summed E-state index contributed by atoms with van der Waals surface area (Å²) in [6.45, 7) is 0. The van der Waals surface area contributed by atoms with Gasteiger partial charge in [-0.3, -0.25) is 5.10 Å². The van der Waals surface area contributed by atoms with E-state index in [9.17, 15) is 4.79 Å². The number of aromatic nitrogens is 4. The molecule has 2 fully saturated rings. The number of amides is 1. The van der Waals surface area contributed by atoms with Gasteiger partial charge < -0.3 is 15.3 Å². The van der Waals surface area contributed by atoms with Crippen LogP contribution in [0.3, 0.4) is 0 Å². The largest absolute Gasteiger partial charge is 0.465 e. The molecule has 2 aliphatic rings. The van der Waals surface area contributed by atoms with Crippen molar-refractivity contribution < 1.29 is 9.90 Å². The summed E-state index contributed by atoms with van der Waals surface area (Å²) in [6, 6.07) is 0.685. The summed E-state index contributed by atoms with van der Waals surface area (Å²) < 4.78 is 0.819. The minimum Gasteiger partial charge on any atom is -0.465 e. The van der Waals surface area contributed by atoms with Gasteiger partial charge in [-0.05, 0) is 48.3 Å². The Balaban J connectivity index is 1.61. The number of nitrogens with zero attached hydrogens (tertiary/aromatic N) is 4. The van der Waals surface area contributed by atoms with Gasteiger partial charge in [0, 0.05) is 18.1 Å². The number of anilines is 1. The van der Waals surface area contributed by atoms with Crippen LogP contribution in [0.2, 0.25) is 0 Å². The van der Waals surface area contributed by atoms with E-state index in [1.54, 1.807) is 6.20 Å². The number of rotatable bonds is 2. The molecule has 3 atom stereocenters. The van der Waals surface area contributed by atoms with E-state index < -0.39 is 6.09 Å². The van der Waals surface area contributed by atoms with Crippen LogP contribution >= 0.6 is 22.6 Å². The SMILES string of the molecule is O=C(O)N[C@@H]1C[C@H]2CC[C@@H](C1)N2c1cnc2c(I)n[nH]c2n1. The lowest BCUT2D eigenvalue weighted by molar-refractivity contribution is 0.185. The fourth-order valence-electron chi connectivity index (χ4n) is 3.73. The monoisotopic (exact) mass is 414 g/mol. The minimum absolute atomic E-state index is 0.0380. The third-order valence-electron chi connectivity index (χ3n) is 4.54. The number of carbonyl (C=O) groups is 1. The van der Waals surface area contributed by atoms with Crippen molar-refractivity contribution >= 4 is 45.7 Å². The molecular weight excluding hydrogens is 399 g/mol. The van der Waals surface area contributed by atoms with Crippen LogP contribution in [0, 0.1) is 3.70 Å². The van der Waals surface area contributed by atoms with Crippen molar-refractivity contribution in [2.45, 2.75) is 43.8 Å². The summed E-state index contributed by atoms with van der Waals surface area (Å²) in [4.78, 5) is 22.3. The number of nitrogens with one attached hydrogen (secondary N) is 2. The van der Waals surface area contributed by atoms with Crippen LogP contribution in [-0.2, 0) is 0 Å². The molecule has 0 radical (unpaired) electrons. The third kappa shape index (κ3) is 2.27. The molecule has 2 aromatic heterocycles. The van der Waals surface area contributed by atoms with Crippen LogP contribution in [0.1, 0.15) is 25.7 Å². The summed E-state index contributed by atoms with van der Waals surface area (Å²) in [5.74, 6) is 0.855. The molecule has 3 N–H and O–H groups in total. The second-order valence-corrected chi connectivity index (χ2v) is 6.87. The zero-order valence-electron chi connectivity index (χ0n) is 11.7. The van der Waals surface area contributed by atoms with E-state index >= 15 is 0 Å². The first-order valence-corrected chi connectivity index (χ1v) is 8.34. The second-order valence-electron chi connectivity index (χ2n) is 5.85. The molecule has 2 saturated heterocycles. The maximum absolute atomic E-state index is 10.8. The summed E-state index contributed by atoms with van der Waals surface area (Å²) >= 11 is 2.13. The lowest BCUT2D eigenvalue weighted by Crippen LogP contribution is -2.50. The fraction of sp³-hybridized carbons (Fsp3) is 0.538. The highest BCUT2D eigenvalue weighted by Gasteiger charge is 2.42. The Morgan fingerprint density at radius 3 is 2.82 bits per heavy atom. The highest BCUT2D eigenvalue weighted by Crippen LogP contribution is 2.38. The van der Waals surface area contributed by atoms with Crippen LogP contribution < -0.4 is 10.2 Å². The van der Waals surface area contributed by atoms with Gasteiger partial charge in [0.1, 0.15) is 11.3 Å². The van der Waals surface area contributed by atoms with Crippen LogP contribution in [0.4, 0.5) is 10.6 Å². The number of piperidine rings is 1. The molecule has 2 bridgehead atoms. The standard InChI is InChI=1S/C13H15IN6O2/c14-11-10-12(19-18-11)17-9(5-15-10)20-7-1-2-8(20)4-6(3-7)16-13(21)22/h5-8,16H,1-4H2,(H,21,22)(H,17,18,19)/t6-,7-,8+. The van der Waals surface area contributed by atoms with Gasteiger partial charge in [0.2, 0.25) is 0 Å². The quantitative estimate of drug-likeness (QED) is 0.647. The zero-order chi connectivity index (χ0) is 15.3. The Bertz CT molecular complexity index is 720. The molecule has 0 aromatic carbocycles. The molecule has 2 aromatic rings. The molecule has 0 unspecified atom stereocenters. The van der Waals surface area contributed by atoms with E-state index in [1.807, 2.05) is 0 Å². The molecule has 9 heteroatoms. The highest BCUT2D eigenvalue weighted by atomic mass is 127. The van der Waals surface area contributed by atoms with Gasteiger partial charge in [0.15, 0.2) is 9.35 Å². The Morgan fingerprint density at radius 1 is 1.41 bits per heavy atom. The smallest absolute Gasteiger partial charge is 0.404 e. The van der Waals surface area contributed by atoms with Gasteiger partial charge in [-0.1, -0.05) is 0 Å². The maximum Gasteiger partial charge on any atom is 0.404 e. The summed E-state index contributed by atoms with van der Waals surface area (Å²) in [6.07, 6.45) is 4.65. The molecule has 0 aliphatic carbocycles. The summed E-state index contributed by atoms with van der Waals surface area (Å²) in [7, 11) is 0. The first kappa shape index (κ1) is 14.0. The van der Waals surface area contributed by atoms with Crippen LogP contribution in [0.5, 0.6) is 0 Å². The predicted molar refractivity (Wildman–Crippen MR) is 87.9 cm³/mol. The van der Waals surface area contributed by atoms with Gasteiger partial charge in [-0.25, -0.2) is 14.8 Å². The van der Waals surface area contributed by atoms with Crippen LogP contribution in [0.15, 0.2) is 6.20 Å². The third-order valence-corrected chi connectivity index (χ3v) is 5.29. The van der Waals surface area contributed by atoms with E-state index in [0.29, 0.717) is 17.7 Å². The molecule has 4 heterocycles. The highest BCUT2D eigenvalue weighted by molar-refractivity contribution is 14.1. The molecule has 0 saturated carbocycles. The van der Waals surface area contributed by atoms with E-state index in [2.05, 4.69) is 53.0 Å². The molecule has 2 aliphatic heterocycles. The first-order chi connectivity index (χ1) is 10.6. The van der Waals surface area contributed by atoms with Gasteiger partial charge in [0.05, 0.1) is 6.20 Å². The van der Waals surface area contributed by atoms with Crippen LogP contribution in [0.25, 0.3) is 11.2 Å². The zero-order valence-corrected chi connectivity index (χ0v) is 13.8. The Hall–Kier alpha value is -1.65. The Labute approximate surface area is 139 Å². The number of carboxylic acid groups (broad SMARTS) is 1. The fourth-order valence-corrected chi connectivity index (χ4v) is 4.25. The molecular formula is C13H15IN6O2. The summed E-state index contributed by atoms with van der Waals surface area (Å²) in [5, 5.41) is 18.6. The van der Waals surface area contributed by atoms with E-state index in [1.165, 1.54) is 0 Å². The summed E-state index contributed by atoms with van der Waals surface area (Å²) in [5.41, 5.74) is 1.49. The molecule has 116 valence electrons. The van der Waals surface area contributed by atoms with Crippen molar-refractivity contribution in [3.63, 3.8) is 0 Å². The lowest BCUT2D eigenvalue weighted by Gasteiger charge is -2.39. The molecule has 0 spiro atoms. The Kier molecular flexibility index (Phi) is 3.31. The first-order valence-electron chi connectivity index (χ1n) is 7.26. The topological polar surface area (TPSA) is 107 Å². The van der Waals surface area contributed by atoms with Gasteiger partial charge in [-0.15, -0.1) is 0 Å². The molecule has 8 nitrogen and oxygen atoms in total. The van der Waals surface area contributed by atoms with Gasteiger partial charge in [0.25, 0.3) is 0 Å². The number of hydrogen-bond acceptors (Lipinski definition) is 5. The number of hydrogen-bond donors (Lipinski definition) is 3. The average Bonchev–Trinajstić information content (AvgIpc) is 2.97. The predicted octanol–water partition coefficient (Wildman–Crippen LogP) is 1.72. The minimum atomic E-state index is -0.939. The Morgan fingerprint density at radius 2 is 2.14 bits per heavy atom. The van der Waals surface area contributed by atoms with Gasteiger partial charge in [-0.2, -0.15) is 5.10 Å². The number of halogens is 1. The van der Waals surface area contributed by atoms with Crippen molar-refractivity contribution in [2.24, 2.45) is 0 Å². The molecule has 1 amide bonds. The lowest BCUT2D eigenvalue weighted by atomic mass is 9.97. The maximum atomic E-state index is 10.8. The van der Waals surface area contributed by atoms with E-state index in [4.69, 9.17) is 5.11 Å².